The Kier molecular flexibility index (Phi) is 4.08. The molecule has 21 heavy (non-hydrogen) atoms. The molecule has 0 atom stereocenters. The zero-order valence-corrected chi connectivity index (χ0v) is 11.9. The maximum Gasteiger partial charge on any atom is 0.328 e. The lowest BCUT2D eigenvalue weighted by molar-refractivity contribution is -0.131. The predicted octanol–water partition coefficient (Wildman–Crippen LogP) is 1.62. The fourth-order valence-electron chi connectivity index (χ4n) is 1.64. The molecule has 0 fully saturated rings. The van der Waals surface area contributed by atoms with E-state index in [1.165, 1.54) is 18.5 Å². The average Bonchev–Trinajstić information content (AvgIpc) is 2.93. The first-order chi connectivity index (χ1) is 9.88. The molecular formula is C13H13N3O4S. The van der Waals surface area contributed by atoms with E-state index in [1.54, 1.807) is 25.1 Å². The number of carboxylic acids is 1. The first-order valence-electron chi connectivity index (χ1n) is 5.92. The summed E-state index contributed by atoms with van der Waals surface area (Å²) in [6, 6.07) is 4.87. The summed E-state index contributed by atoms with van der Waals surface area (Å²) < 4.78 is 26.5. The molecular weight excluding hydrogens is 294 g/mol. The lowest BCUT2D eigenvalue weighted by Gasteiger charge is -2.08. The Morgan fingerprint density at radius 3 is 2.81 bits per heavy atom. The lowest BCUT2D eigenvalue weighted by atomic mass is 10.1. The molecule has 0 radical (unpaired) electrons. The van der Waals surface area contributed by atoms with E-state index in [1.807, 2.05) is 0 Å². The molecule has 1 heterocycles. The number of aromatic amines is 1. The van der Waals surface area contributed by atoms with Crippen molar-refractivity contribution in [1.29, 1.82) is 0 Å². The molecule has 1 aromatic carbocycles. The van der Waals surface area contributed by atoms with Gasteiger partial charge in [-0.15, -0.1) is 0 Å². The van der Waals surface area contributed by atoms with Gasteiger partial charge in [0, 0.05) is 18.0 Å². The third-order valence-electron chi connectivity index (χ3n) is 2.72. The number of carbonyl (C=O) groups is 1. The molecule has 0 spiro atoms. The van der Waals surface area contributed by atoms with E-state index in [9.17, 15) is 13.2 Å². The van der Waals surface area contributed by atoms with Gasteiger partial charge in [-0.2, -0.15) is 5.10 Å². The number of aromatic nitrogens is 2. The number of H-pyrrole nitrogens is 1. The van der Waals surface area contributed by atoms with Gasteiger partial charge >= 0.3 is 5.97 Å². The second-order valence-electron chi connectivity index (χ2n) is 4.28. The Hall–Kier alpha value is -2.61. The minimum absolute atomic E-state index is 0.0192. The van der Waals surface area contributed by atoms with Gasteiger partial charge in [-0.25, -0.2) is 13.2 Å². The molecule has 0 aliphatic carbocycles. The molecule has 7 nitrogen and oxygen atoms in total. The highest BCUT2D eigenvalue weighted by atomic mass is 32.2. The molecule has 1 aromatic heterocycles. The summed E-state index contributed by atoms with van der Waals surface area (Å²) >= 11 is 0. The van der Waals surface area contributed by atoms with Gasteiger partial charge in [-0.1, -0.05) is 6.07 Å². The molecule has 0 unspecified atom stereocenters. The summed E-state index contributed by atoms with van der Waals surface area (Å²) in [7, 11) is -3.72. The number of aliphatic carboxylic acids is 1. The molecule has 2 rings (SSSR count). The fourth-order valence-corrected chi connectivity index (χ4v) is 2.60. The Balaban J connectivity index is 2.30. The van der Waals surface area contributed by atoms with Crippen LogP contribution >= 0.6 is 0 Å². The Labute approximate surface area is 121 Å². The van der Waals surface area contributed by atoms with Gasteiger partial charge in [0.1, 0.15) is 4.90 Å². The number of anilines is 1. The first kappa shape index (κ1) is 14.8. The van der Waals surface area contributed by atoms with E-state index in [4.69, 9.17) is 5.11 Å². The molecule has 8 heteroatoms. The van der Waals surface area contributed by atoms with Gasteiger partial charge in [0.2, 0.25) is 0 Å². The molecule has 0 bridgehead atoms. The van der Waals surface area contributed by atoms with Crippen molar-refractivity contribution < 1.29 is 18.3 Å². The van der Waals surface area contributed by atoms with Crippen LogP contribution in [0.5, 0.6) is 0 Å². The summed E-state index contributed by atoms with van der Waals surface area (Å²) in [5.74, 6) is -1.07. The van der Waals surface area contributed by atoms with Crippen LogP contribution in [0.15, 0.2) is 41.6 Å². The van der Waals surface area contributed by atoms with Gasteiger partial charge in [0.15, 0.2) is 0 Å². The largest absolute Gasteiger partial charge is 0.478 e. The second-order valence-corrected chi connectivity index (χ2v) is 5.96. The van der Waals surface area contributed by atoms with Crippen LogP contribution in [-0.2, 0) is 14.8 Å². The lowest BCUT2D eigenvalue weighted by Crippen LogP contribution is -2.12. The molecule has 3 N–H and O–H groups in total. The molecule has 0 aliphatic rings. The van der Waals surface area contributed by atoms with Crippen LogP contribution in [0.1, 0.15) is 11.1 Å². The third-order valence-corrected chi connectivity index (χ3v) is 4.07. The van der Waals surface area contributed by atoms with Crippen LogP contribution in [0.2, 0.25) is 0 Å². The highest BCUT2D eigenvalue weighted by Gasteiger charge is 2.15. The highest BCUT2D eigenvalue weighted by molar-refractivity contribution is 7.92. The Morgan fingerprint density at radius 2 is 2.19 bits per heavy atom. The quantitative estimate of drug-likeness (QED) is 0.727. The standard InChI is InChI=1S/C13H13N3O4S/c1-9-2-4-11(6-10(9)3-5-13(17)18)16-21(19,20)12-7-14-15-8-12/h2-8,16H,1H3,(H,14,15)(H,17,18). The van der Waals surface area contributed by atoms with Crippen LogP contribution in [0.25, 0.3) is 6.08 Å². The van der Waals surface area contributed by atoms with Crippen molar-refractivity contribution in [1.82, 2.24) is 10.2 Å². The number of carboxylic acid groups (broad SMARTS) is 1. The molecule has 0 saturated heterocycles. The van der Waals surface area contributed by atoms with Gasteiger partial charge in [-0.3, -0.25) is 9.82 Å². The summed E-state index contributed by atoms with van der Waals surface area (Å²) in [4.78, 5) is 10.6. The minimum atomic E-state index is -3.72. The maximum atomic E-state index is 12.0. The molecule has 2 aromatic rings. The van der Waals surface area contributed by atoms with Crippen molar-refractivity contribution in [2.45, 2.75) is 11.8 Å². The van der Waals surface area contributed by atoms with Crippen molar-refractivity contribution in [2.75, 3.05) is 4.72 Å². The average molecular weight is 307 g/mol. The number of nitrogens with zero attached hydrogens (tertiary/aromatic N) is 1. The van der Waals surface area contributed by atoms with Crippen LogP contribution in [0.4, 0.5) is 5.69 Å². The van der Waals surface area contributed by atoms with Crippen molar-refractivity contribution in [3.05, 3.63) is 47.8 Å². The number of aryl methyl sites for hydroxylation is 1. The van der Waals surface area contributed by atoms with Gasteiger partial charge in [-0.05, 0) is 36.3 Å². The van der Waals surface area contributed by atoms with Crippen LogP contribution < -0.4 is 4.72 Å². The Morgan fingerprint density at radius 1 is 1.43 bits per heavy atom. The van der Waals surface area contributed by atoms with Crippen molar-refractivity contribution in [3.63, 3.8) is 0 Å². The van der Waals surface area contributed by atoms with Gasteiger partial charge in [0.05, 0.1) is 6.20 Å². The Bertz CT molecular complexity index is 780. The van der Waals surface area contributed by atoms with Crippen LogP contribution in [0.3, 0.4) is 0 Å². The number of nitrogens with one attached hydrogen (secondary N) is 2. The van der Waals surface area contributed by atoms with E-state index >= 15 is 0 Å². The maximum absolute atomic E-state index is 12.0. The summed E-state index contributed by atoms with van der Waals surface area (Å²) in [5, 5.41) is 14.7. The van der Waals surface area contributed by atoms with E-state index in [0.29, 0.717) is 11.3 Å². The second kappa shape index (κ2) is 5.80. The first-order valence-corrected chi connectivity index (χ1v) is 7.40. The number of rotatable bonds is 5. The summed E-state index contributed by atoms with van der Waals surface area (Å²) in [6.07, 6.45) is 4.87. The molecule has 0 aliphatic heterocycles. The van der Waals surface area contributed by atoms with Crippen LogP contribution in [-0.4, -0.2) is 29.7 Å². The highest BCUT2D eigenvalue weighted by Crippen LogP contribution is 2.20. The van der Waals surface area contributed by atoms with Crippen molar-refractivity contribution >= 4 is 27.8 Å². The van der Waals surface area contributed by atoms with Crippen molar-refractivity contribution in [2.24, 2.45) is 0 Å². The summed E-state index contributed by atoms with van der Waals surface area (Å²) in [6.45, 7) is 1.80. The van der Waals surface area contributed by atoms with Gasteiger partial charge < -0.3 is 5.11 Å². The molecule has 0 saturated carbocycles. The SMILES string of the molecule is Cc1ccc(NS(=O)(=O)c2cn[nH]c2)cc1C=CC(=O)O. The third kappa shape index (κ3) is 3.69. The van der Waals surface area contributed by atoms with Crippen LogP contribution in [0, 0.1) is 6.92 Å². The van der Waals surface area contributed by atoms with E-state index in [0.717, 1.165) is 11.6 Å². The zero-order chi connectivity index (χ0) is 15.5. The summed E-state index contributed by atoms with van der Waals surface area (Å²) in [5.41, 5.74) is 1.79. The topological polar surface area (TPSA) is 112 Å². The molecule has 110 valence electrons. The number of sulfonamides is 1. The zero-order valence-electron chi connectivity index (χ0n) is 11.1. The number of hydrogen-bond acceptors (Lipinski definition) is 4. The minimum Gasteiger partial charge on any atom is -0.478 e. The number of benzene rings is 1. The van der Waals surface area contributed by atoms with E-state index < -0.39 is 16.0 Å². The smallest absolute Gasteiger partial charge is 0.328 e. The normalized spacial score (nSPS) is 11.7. The fraction of sp³-hybridized carbons (Fsp3) is 0.0769. The number of hydrogen-bond donors (Lipinski definition) is 3. The monoisotopic (exact) mass is 307 g/mol. The van der Waals surface area contributed by atoms with E-state index in [-0.39, 0.29) is 4.90 Å². The van der Waals surface area contributed by atoms with Crippen molar-refractivity contribution in [3.8, 4) is 0 Å². The van der Waals surface area contributed by atoms with E-state index in [2.05, 4.69) is 14.9 Å². The molecule has 0 amide bonds. The van der Waals surface area contributed by atoms with Gasteiger partial charge in [0.25, 0.3) is 10.0 Å². The predicted molar refractivity (Wildman–Crippen MR) is 77.2 cm³/mol.